The first kappa shape index (κ1) is 8.58. The van der Waals surface area contributed by atoms with Crippen LogP contribution in [0, 0.1) is 35.5 Å². The van der Waals surface area contributed by atoms with Crippen molar-refractivity contribution in [1.29, 1.82) is 0 Å². The van der Waals surface area contributed by atoms with E-state index in [1.807, 2.05) is 0 Å². The van der Waals surface area contributed by atoms with Crippen molar-refractivity contribution >= 4 is 0 Å². The van der Waals surface area contributed by atoms with Gasteiger partial charge in [0, 0.05) is 5.92 Å². The summed E-state index contributed by atoms with van der Waals surface area (Å²) in [6, 6.07) is 0. The zero-order valence-corrected chi connectivity index (χ0v) is 8.92. The van der Waals surface area contributed by atoms with Crippen molar-refractivity contribution in [3.63, 3.8) is 0 Å². The lowest BCUT2D eigenvalue weighted by molar-refractivity contribution is 0.0548. The Morgan fingerprint density at radius 1 is 0.800 bits per heavy atom. The second-order valence-electron chi connectivity index (χ2n) is 5.96. The van der Waals surface area contributed by atoms with Crippen LogP contribution < -0.4 is 0 Å². The molecule has 0 aliphatic heterocycles. The molecule has 0 spiro atoms. The summed E-state index contributed by atoms with van der Waals surface area (Å²) < 4.78 is 0. The van der Waals surface area contributed by atoms with Crippen LogP contribution in [0.5, 0.6) is 0 Å². The van der Waals surface area contributed by atoms with Crippen molar-refractivity contribution in [1.82, 2.24) is 0 Å². The average molecular weight is 202 g/mol. The van der Waals surface area contributed by atoms with Gasteiger partial charge < -0.3 is 5.11 Å². The maximum absolute atomic E-state index is 10.3. The van der Waals surface area contributed by atoms with Crippen LogP contribution >= 0.6 is 0 Å². The number of allylic oxidation sites excluding steroid dienone is 3. The number of hydrogen-bond acceptors (Lipinski definition) is 1. The smallest absolute Gasteiger partial charge is 0.0639 e. The number of fused-ring (bicyclic) bond motifs is 4. The fourth-order valence-electron chi connectivity index (χ4n) is 4.67. The van der Waals surface area contributed by atoms with Gasteiger partial charge in [-0.25, -0.2) is 0 Å². The Hall–Kier alpha value is -0.560. The lowest BCUT2D eigenvalue weighted by Gasteiger charge is -2.33. The molecule has 1 N–H and O–H groups in total. The van der Waals surface area contributed by atoms with E-state index in [0.717, 1.165) is 17.8 Å². The van der Waals surface area contributed by atoms with Crippen LogP contribution in [0.15, 0.2) is 24.3 Å². The van der Waals surface area contributed by atoms with Crippen molar-refractivity contribution in [2.75, 3.05) is 0 Å². The number of aliphatic hydroxyl groups excluding tert-OH is 1. The summed E-state index contributed by atoms with van der Waals surface area (Å²) in [5.41, 5.74) is 0. The highest BCUT2D eigenvalue weighted by Crippen LogP contribution is 2.55. The standard InChI is InChI=1S/C14H18O/c15-14-11-4-3-10(7-11)13(14)12-6-8-1-2-9(12)5-8/h1-4,8-15H,5-7H2. The Kier molecular flexibility index (Phi) is 1.58. The molecule has 2 fully saturated rings. The van der Waals surface area contributed by atoms with Gasteiger partial charge in [0.1, 0.15) is 0 Å². The first-order chi connectivity index (χ1) is 7.33. The molecule has 80 valence electrons. The maximum Gasteiger partial charge on any atom is 0.0639 e. The summed E-state index contributed by atoms with van der Waals surface area (Å²) in [7, 11) is 0. The molecule has 7 atom stereocenters. The Bertz CT molecular complexity index is 343. The second-order valence-corrected chi connectivity index (χ2v) is 5.96. The Labute approximate surface area is 90.9 Å². The molecule has 0 aromatic carbocycles. The summed E-state index contributed by atoms with van der Waals surface area (Å²) in [5.74, 6) is 4.19. The van der Waals surface area contributed by atoms with E-state index in [-0.39, 0.29) is 6.10 Å². The Morgan fingerprint density at radius 2 is 1.60 bits per heavy atom. The van der Waals surface area contributed by atoms with Crippen LogP contribution in [0.1, 0.15) is 19.3 Å². The third kappa shape index (κ3) is 1.02. The van der Waals surface area contributed by atoms with Gasteiger partial charge in [-0.15, -0.1) is 0 Å². The van der Waals surface area contributed by atoms with E-state index in [1.165, 1.54) is 19.3 Å². The first-order valence-corrected chi connectivity index (χ1v) is 6.37. The predicted molar refractivity (Wildman–Crippen MR) is 59.1 cm³/mol. The van der Waals surface area contributed by atoms with E-state index in [0.29, 0.717) is 17.8 Å². The highest BCUT2D eigenvalue weighted by molar-refractivity contribution is 5.19. The molecule has 4 aliphatic rings. The maximum atomic E-state index is 10.3. The molecule has 4 bridgehead atoms. The van der Waals surface area contributed by atoms with E-state index in [9.17, 15) is 5.11 Å². The van der Waals surface area contributed by atoms with E-state index in [1.54, 1.807) is 0 Å². The van der Waals surface area contributed by atoms with Gasteiger partial charge in [-0.3, -0.25) is 0 Å². The van der Waals surface area contributed by atoms with Crippen LogP contribution in [0.2, 0.25) is 0 Å². The predicted octanol–water partition coefficient (Wildman–Crippen LogP) is 2.38. The molecule has 4 aliphatic carbocycles. The SMILES string of the molecule is OC1C2C=CC(C2)C1C1CC2C=CC1C2. The average Bonchev–Trinajstić information content (AvgIpc) is 2.96. The normalized spacial score (nSPS) is 59.7. The number of rotatable bonds is 1. The molecule has 1 nitrogen and oxygen atoms in total. The van der Waals surface area contributed by atoms with Crippen molar-refractivity contribution in [3.8, 4) is 0 Å². The second kappa shape index (κ2) is 2.76. The topological polar surface area (TPSA) is 20.2 Å². The fraction of sp³-hybridized carbons (Fsp3) is 0.714. The minimum atomic E-state index is -0.0299. The Balaban J connectivity index is 1.64. The number of hydrogen-bond donors (Lipinski definition) is 1. The van der Waals surface area contributed by atoms with Crippen molar-refractivity contribution < 1.29 is 5.11 Å². The van der Waals surface area contributed by atoms with Crippen molar-refractivity contribution in [3.05, 3.63) is 24.3 Å². The molecule has 0 amide bonds. The molecule has 2 saturated carbocycles. The molecule has 0 aromatic heterocycles. The van der Waals surface area contributed by atoms with Crippen molar-refractivity contribution in [2.45, 2.75) is 25.4 Å². The van der Waals surface area contributed by atoms with Gasteiger partial charge in [-0.2, -0.15) is 0 Å². The van der Waals surface area contributed by atoms with Crippen LogP contribution in [0.4, 0.5) is 0 Å². The van der Waals surface area contributed by atoms with Gasteiger partial charge in [0.25, 0.3) is 0 Å². The Morgan fingerprint density at radius 3 is 2.20 bits per heavy atom. The minimum Gasteiger partial charge on any atom is -0.392 e. The fourth-order valence-corrected chi connectivity index (χ4v) is 4.67. The molecular weight excluding hydrogens is 184 g/mol. The largest absolute Gasteiger partial charge is 0.392 e. The lowest BCUT2D eigenvalue weighted by Crippen LogP contribution is -2.33. The van der Waals surface area contributed by atoms with E-state index >= 15 is 0 Å². The molecule has 0 aromatic rings. The summed E-state index contributed by atoms with van der Waals surface area (Å²) in [5, 5.41) is 10.3. The quantitative estimate of drug-likeness (QED) is 0.647. The molecule has 0 saturated heterocycles. The molecule has 7 unspecified atom stereocenters. The monoisotopic (exact) mass is 202 g/mol. The van der Waals surface area contributed by atoms with E-state index in [4.69, 9.17) is 0 Å². The zero-order valence-electron chi connectivity index (χ0n) is 8.92. The van der Waals surface area contributed by atoms with Crippen LogP contribution in [-0.4, -0.2) is 11.2 Å². The molecular formula is C14H18O. The van der Waals surface area contributed by atoms with Gasteiger partial charge >= 0.3 is 0 Å². The van der Waals surface area contributed by atoms with Crippen LogP contribution in [-0.2, 0) is 0 Å². The summed E-state index contributed by atoms with van der Waals surface area (Å²) >= 11 is 0. The molecule has 15 heavy (non-hydrogen) atoms. The van der Waals surface area contributed by atoms with Gasteiger partial charge in [0.15, 0.2) is 0 Å². The van der Waals surface area contributed by atoms with Gasteiger partial charge in [0.2, 0.25) is 0 Å². The molecule has 4 rings (SSSR count). The summed E-state index contributed by atoms with van der Waals surface area (Å²) in [6.07, 6.45) is 13.3. The van der Waals surface area contributed by atoms with Gasteiger partial charge in [-0.1, -0.05) is 24.3 Å². The molecule has 0 heterocycles. The number of aliphatic hydroxyl groups is 1. The van der Waals surface area contributed by atoms with E-state index < -0.39 is 0 Å². The lowest BCUT2D eigenvalue weighted by atomic mass is 9.74. The summed E-state index contributed by atoms with van der Waals surface area (Å²) in [6.45, 7) is 0. The highest BCUT2D eigenvalue weighted by Gasteiger charge is 2.51. The van der Waals surface area contributed by atoms with Crippen LogP contribution in [0.3, 0.4) is 0 Å². The first-order valence-electron chi connectivity index (χ1n) is 6.37. The highest BCUT2D eigenvalue weighted by atomic mass is 16.3. The molecule has 1 heteroatoms. The zero-order chi connectivity index (χ0) is 9.99. The van der Waals surface area contributed by atoms with Gasteiger partial charge in [0.05, 0.1) is 6.10 Å². The third-order valence-electron chi connectivity index (χ3n) is 5.30. The van der Waals surface area contributed by atoms with Crippen molar-refractivity contribution in [2.24, 2.45) is 35.5 Å². The third-order valence-corrected chi connectivity index (χ3v) is 5.30. The molecule has 0 radical (unpaired) electrons. The van der Waals surface area contributed by atoms with Gasteiger partial charge in [-0.05, 0) is 48.9 Å². The summed E-state index contributed by atoms with van der Waals surface area (Å²) in [4.78, 5) is 0. The minimum absolute atomic E-state index is 0.0299. The van der Waals surface area contributed by atoms with E-state index in [2.05, 4.69) is 24.3 Å². The van der Waals surface area contributed by atoms with Crippen LogP contribution in [0.25, 0.3) is 0 Å².